The molecule has 0 heterocycles. The third-order valence-electron chi connectivity index (χ3n) is 0. The summed E-state index contributed by atoms with van der Waals surface area (Å²) in [7, 11) is 1.25. The van der Waals surface area contributed by atoms with Crippen molar-refractivity contribution in [2.24, 2.45) is 0 Å². The second-order valence-electron chi connectivity index (χ2n) is 0. The first-order chi connectivity index (χ1) is 3.00. The van der Waals surface area contributed by atoms with Crippen molar-refractivity contribution in [3.05, 3.63) is 0 Å². The maximum atomic E-state index is 5.75. The molecule has 6 heavy (non-hydrogen) atoms. The summed E-state index contributed by atoms with van der Waals surface area (Å²) in [6, 6.07) is 0. The Bertz CT molecular complexity index is 8.04. The number of hydrogen-bond donors (Lipinski definition) is 0. The predicted molar refractivity (Wildman–Crippen MR) is 35.2 cm³/mol. The van der Waals surface area contributed by atoms with Crippen molar-refractivity contribution < 1.29 is 1.37 Å². The molecule has 0 saturated heterocycles. The molecule has 0 nitrogen and oxygen atoms in total. The molecule has 0 saturated carbocycles. The second-order valence-corrected chi connectivity index (χ2v) is 0. The van der Waals surface area contributed by atoms with Gasteiger partial charge in [0.25, 0.3) is 0 Å². The monoisotopic (exact) mass is 88.1 g/mol. The fraction of sp³-hybridized carbons (Fsp3) is 1.00. The summed E-state index contributed by atoms with van der Waals surface area (Å²) in [5.41, 5.74) is 0. The third kappa shape index (κ3) is 9060. The van der Waals surface area contributed by atoms with Crippen LogP contribution in [0.1, 0.15) is 36.5 Å². The normalized spacial score (nSPS) is 3.17. The average molecular weight is 88.0 g/mol. The van der Waals surface area contributed by atoms with E-state index in [1.807, 2.05) is 27.7 Å². The van der Waals surface area contributed by atoms with E-state index in [9.17, 15) is 0 Å². The molecular weight excluding hydrogens is 70.9 g/mol. The van der Waals surface area contributed by atoms with E-state index in [-0.39, 0.29) is 8.41 Å². The summed E-state index contributed by atoms with van der Waals surface area (Å²) >= 11 is 0. The first kappa shape index (κ1) is 16.6. The maximum Gasteiger partial charge on any atom is 0.0194 e. The van der Waals surface area contributed by atoms with Crippen LogP contribution < -0.4 is 0 Å². The Labute approximate surface area is 45.9 Å². The molecule has 0 aliphatic carbocycles. The zero-order chi connectivity index (χ0) is 6.00. The zero-order valence-corrected chi connectivity index (χ0v) is 5.58. The van der Waals surface area contributed by atoms with Crippen molar-refractivity contribution in [2.75, 3.05) is 0 Å². The van der Waals surface area contributed by atoms with Crippen LogP contribution in [-0.2, 0) is 0 Å². The lowest BCUT2D eigenvalue weighted by Gasteiger charge is -1.07. The van der Waals surface area contributed by atoms with E-state index in [0.29, 0.717) is 0 Å². The predicted octanol–water partition coefficient (Wildman–Crippen LogP) is 2.31. The Morgan fingerprint density at radius 2 is 1.00 bits per heavy atom. The van der Waals surface area contributed by atoms with E-state index in [0.717, 1.165) is 0 Å². The van der Waals surface area contributed by atoms with Crippen LogP contribution in [0.25, 0.3) is 0 Å². The van der Waals surface area contributed by atoms with Gasteiger partial charge in [-0.15, -0.1) is 0 Å². The van der Waals surface area contributed by atoms with Gasteiger partial charge in [-0.05, 0) is 0 Å². The van der Waals surface area contributed by atoms with E-state index in [4.69, 9.17) is 1.37 Å². The molecule has 0 fully saturated rings. The largest absolute Gasteiger partial charge is 0.0776 e. The standard InChI is InChI=1S/2C2H6.CH4.B/c2*1-2;;/h2*1-2H3;1H4;/i;;1D;. The molecular formula is C5H16B. The van der Waals surface area contributed by atoms with Crippen molar-refractivity contribution in [3.8, 4) is 0 Å². The Hall–Kier alpha value is 0.0649. The van der Waals surface area contributed by atoms with Gasteiger partial charge in [0.15, 0.2) is 0 Å². The van der Waals surface area contributed by atoms with Crippen LogP contribution >= 0.6 is 0 Å². The molecule has 39 valence electrons. The quantitative estimate of drug-likeness (QED) is 0.398. The minimum absolute atomic E-state index is 0. The van der Waals surface area contributed by atoms with E-state index >= 15 is 0 Å². The van der Waals surface area contributed by atoms with Crippen molar-refractivity contribution in [2.45, 2.75) is 35.1 Å². The molecule has 0 aromatic rings. The molecule has 0 aromatic heterocycles. The Morgan fingerprint density at radius 3 is 1.00 bits per heavy atom. The van der Waals surface area contributed by atoms with Gasteiger partial charge in [0.2, 0.25) is 0 Å². The maximum absolute atomic E-state index is 5.75. The van der Waals surface area contributed by atoms with Gasteiger partial charge in [-0.25, -0.2) is 0 Å². The Balaban J connectivity index is -0.00000000900. The zero-order valence-electron chi connectivity index (χ0n) is 6.58. The lowest BCUT2D eigenvalue weighted by Crippen LogP contribution is -0.856. The van der Waals surface area contributed by atoms with Gasteiger partial charge in [0.1, 0.15) is 0 Å². The van der Waals surface area contributed by atoms with E-state index in [1.165, 1.54) is 7.40 Å². The fourth-order valence-electron chi connectivity index (χ4n) is 0. The molecule has 0 bridgehead atoms. The van der Waals surface area contributed by atoms with Gasteiger partial charge in [-0.2, -0.15) is 0 Å². The van der Waals surface area contributed by atoms with Crippen LogP contribution in [0, 0.1) is 0 Å². The fourth-order valence-corrected chi connectivity index (χ4v) is 0. The Kier molecular flexibility index (Phi) is 54800. The molecule has 1 heteroatoms. The van der Waals surface area contributed by atoms with Crippen molar-refractivity contribution in [1.29, 1.82) is 0 Å². The average Bonchev–Trinajstić information content (AvgIpc) is 1.81. The molecule has 0 aromatic carbocycles. The lowest BCUT2D eigenvalue weighted by atomic mass is 10.8. The van der Waals surface area contributed by atoms with Crippen LogP contribution in [0.2, 0.25) is 0 Å². The lowest BCUT2D eigenvalue weighted by molar-refractivity contribution is 1.50. The topological polar surface area (TPSA) is 0 Å². The molecule has 0 aliphatic rings. The SMILES string of the molecule is CC.CC.[2H]C.[B]. The van der Waals surface area contributed by atoms with Crippen molar-refractivity contribution in [3.63, 3.8) is 0 Å². The second kappa shape index (κ2) is 19800. The summed E-state index contributed by atoms with van der Waals surface area (Å²) in [6.45, 7) is 8.00. The van der Waals surface area contributed by atoms with E-state index in [1.54, 1.807) is 0 Å². The van der Waals surface area contributed by atoms with Crippen molar-refractivity contribution in [1.82, 2.24) is 0 Å². The van der Waals surface area contributed by atoms with E-state index < -0.39 is 0 Å². The molecule has 0 unspecified atom stereocenters. The van der Waals surface area contributed by atoms with E-state index in [2.05, 4.69) is 0 Å². The van der Waals surface area contributed by atoms with Gasteiger partial charge >= 0.3 is 0 Å². The summed E-state index contributed by atoms with van der Waals surface area (Å²) in [4.78, 5) is 0. The summed E-state index contributed by atoms with van der Waals surface area (Å²) in [6.07, 6.45) is 0. The highest BCUT2D eigenvalue weighted by molar-refractivity contribution is 5.75. The number of hydrogen-bond acceptors (Lipinski definition) is 0. The van der Waals surface area contributed by atoms with Gasteiger partial charge < -0.3 is 0 Å². The molecule has 0 N–H and O–H groups in total. The third-order valence-corrected chi connectivity index (χ3v) is 0. The highest BCUT2D eigenvalue weighted by Gasteiger charge is 0.934. The molecule has 0 atom stereocenters. The first-order valence-corrected chi connectivity index (χ1v) is 2.00. The Morgan fingerprint density at radius 1 is 1.00 bits per heavy atom. The molecule has 3 radical (unpaired) electrons. The van der Waals surface area contributed by atoms with Gasteiger partial charge in [-0.3, -0.25) is 0 Å². The first-order valence-electron chi connectivity index (χ1n) is 3.00. The van der Waals surface area contributed by atoms with Crippen LogP contribution in [0.5, 0.6) is 0 Å². The number of rotatable bonds is 0. The van der Waals surface area contributed by atoms with Crippen LogP contribution in [0.3, 0.4) is 0 Å². The molecule has 0 aliphatic heterocycles. The molecule has 0 amide bonds. The minimum Gasteiger partial charge on any atom is -0.0776 e. The summed E-state index contributed by atoms with van der Waals surface area (Å²) < 4.78 is 5.75. The molecule has 0 rings (SSSR count). The van der Waals surface area contributed by atoms with Crippen LogP contribution in [-0.4, -0.2) is 8.41 Å². The summed E-state index contributed by atoms with van der Waals surface area (Å²) in [5, 5.41) is 0. The van der Waals surface area contributed by atoms with Gasteiger partial charge in [-0.1, -0.05) is 35.1 Å². The van der Waals surface area contributed by atoms with Crippen LogP contribution in [0.4, 0.5) is 0 Å². The summed E-state index contributed by atoms with van der Waals surface area (Å²) in [5.74, 6) is 0. The minimum atomic E-state index is 0. The highest BCUT2D eigenvalue weighted by atomic mass is 13.0. The smallest absolute Gasteiger partial charge is 0.0194 e. The molecule has 0 spiro atoms. The van der Waals surface area contributed by atoms with Crippen LogP contribution in [0.15, 0.2) is 0 Å². The van der Waals surface area contributed by atoms with Gasteiger partial charge in [0, 0.05) is 9.78 Å². The highest BCUT2D eigenvalue weighted by Crippen LogP contribution is 1.15. The van der Waals surface area contributed by atoms with Gasteiger partial charge in [0.05, 0.1) is 0 Å². The van der Waals surface area contributed by atoms with Crippen molar-refractivity contribution >= 4 is 8.41 Å².